The summed E-state index contributed by atoms with van der Waals surface area (Å²) in [6.07, 6.45) is 1.23. The van der Waals surface area contributed by atoms with Gasteiger partial charge in [-0.1, -0.05) is 12.1 Å². The third kappa shape index (κ3) is 2.95. The third-order valence-electron chi connectivity index (χ3n) is 3.21. The second kappa shape index (κ2) is 5.56. The van der Waals surface area contributed by atoms with Gasteiger partial charge in [0, 0.05) is 18.7 Å². The van der Waals surface area contributed by atoms with Gasteiger partial charge < -0.3 is 0 Å². The van der Waals surface area contributed by atoms with Crippen LogP contribution in [0.5, 0.6) is 0 Å². The van der Waals surface area contributed by atoms with Crippen LogP contribution in [-0.4, -0.2) is 30.2 Å². The molecule has 1 aromatic rings. The van der Waals surface area contributed by atoms with Crippen LogP contribution in [0.15, 0.2) is 24.3 Å². The zero-order chi connectivity index (χ0) is 14.8. The normalized spacial score (nSPS) is 19.6. The molecule has 1 fully saturated rings. The number of non-ortho nitro benzene ring substituents is 1. The Morgan fingerprint density at radius 2 is 2.05 bits per heavy atom. The van der Waals surface area contributed by atoms with Crippen molar-refractivity contribution in [2.75, 3.05) is 6.54 Å². The van der Waals surface area contributed by atoms with Crippen molar-refractivity contribution < 1.29 is 13.3 Å². The highest BCUT2D eigenvalue weighted by Gasteiger charge is 2.34. The van der Waals surface area contributed by atoms with Crippen molar-refractivity contribution in [1.29, 1.82) is 5.26 Å². The van der Waals surface area contributed by atoms with E-state index in [0.29, 0.717) is 24.9 Å². The molecule has 2 rings (SSSR count). The highest BCUT2D eigenvalue weighted by atomic mass is 32.2. The summed E-state index contributed by atoms with van der Waals surface area (Å²) >= 11 is 0. The van der Waals surface area contributed by atoms with Crippen LogP contribution in [-0.2, 0) is 15.8 Å². The summed E-state index contributed by atoms with van der Waals surface area (Å²) in [5.74, 6) is -0.247. The molecule has 7 nitrogen and oxygen atoms in total. The summed E-state index contributed by atoms with van der Waals surface area (Å²) in [6, 6.07) is 6.78. The molecule has 0 saturated carbocycles. The molecule has 0 bridgehead atoms. The van der Waals surface area contributed by atoms with Crippen LogP contribution in [0.25, 0.3) is 0 Å². The van der Waals surface area contributed by atoms with E-state index < -0.39 is 21.0 Å². The first kappa shape index (κ1) is 14.4. The highest BCUT2D eigenvalue weighted by molar-refractivity contribution is 7.88. The van der Waals surface area contributed by atoms with E-state index in [9.17, 15) is 18.5 Å². The lowest BCUT2D eigenvalue weighted by Crippen LogP contribution is -2.35. The number of nitrogens with zero attached hydrogens (tertiary/aromatic N) is 3. The lowest BCUT2D eigenvalue weighted by molar-refractivity contribution is -0.384. The van der Waals surface area contributed by atoms with Gasteiger partial charge in [-0.2, -0.15) is 9.57 Å². The molecule has 0 N–H and O–H groups in total. The second-order valence-electron chi connectivity index (χ2n) is 4.58. The van der Waals surface area contributed by atoms with Crippen molar-refractivity contribution in [2.45, 2.75) is 24.6 Å². The number of benzene rings is 1. The van der Waals surface area contributed by atoms with Crippen LogP contribution in [0.1, 0.15) is 18.4 Å². The first-order chi connectivity index (χ1) is 9.44. The van der Waals surface area contributed by atoms with Crippen molar-refractivity contribution in [3.8, 4) is 6.07 Å². The van der Waals surface area contributed by atoms with Crippen LogP contribution in [0.2, 0.25) is 0 Å². The zero-order valence-corrected chi connectivity index (χ0v) is 11.4. The van der Waals surface area contributed by atoms with Crippen molar-refractivity contribution in [2.24, 2.45) is 0 Å². The first-order valence-electron chi connectivity index (χ1n) is 6.06. The molecule has 1 unspecified atom stereocenters. The Morgan fingerprint density at radius 3 is 2.60 bits per heavy atom. The molecular weight excluding hydrogens is 282 g/mol. The van der Waals surface area contributed by atoms with E-state index in [4.69, 9.17) is 5.26 Å². The summed E-state index contributed by atoms with van der Waals surface area (Å²) in [7, 11) is -3.57. The van der Waals surface area contributed by atoms with E-state index in [2.05, 4.69) is 0 Å². The SMILES string of the molecule is N#CC1CCCN1S(=O)(=O)Cc1ccc([N+](=O)[O-])cc1. The molecule has 1 aliphatic rings. The maximum absolute atomic E-state index is 12.2. The van der Waals surface area contributed by atoms with Crippen molar-refractivity contribution in [3.63, 3.8) is 0 Å². The van der Waals surface area contributed by atoms with Crippen LogP contribution in [0.3, 0.4) is 0 Å². The standard InChI is InChI=1S/C12H13N3O4S/c13-8-12-2-1-7-14(12)20(18,19)9-10-3-5-11(6-4-10)15(16)17/h3-6,12H,1-2,7,9H2. The van der Waals surface area contributed by atoms with E-state index >= 15 is 0 Å². The minimum absolute atomic E-state index is 0.0813. The monoisotopic (exact) mass is 295 g/mol. The van der Waals surface area contributed by atoms with Crippen LogP contribution in [0.4, 0.5) is 5.69 Å². The molecule has 1 saturated heterocycles. The van der Waals surface area contributed by atoms with Gasteiger partial charge in [0.05, 0.1) is 16.7 Å². The quantitative estimate of drug-likeness (QED) is 0.617. The Labute approximate surface area is 116 Å². The van der Waals surface area contributed by atoms with Gasteiger partial charge in [0.15, 0.2) is 0 Å². The lowest BCUT2D eigenvalue weighted by atomic mass is 10.2. The fraction of sp³-hybridized carbons (Fsp3) is 0.417. The molecule has 20 heavy (non-hydrogen) atoms. The lowest BCUT2D eigenvalue weighted by Gasteiger charge is -2.18. The largest absolute Gasteiger partial charge is 0.269 e. The summed E-state index contributed by atoms with van der Waals surface area (Å²) in [4.78, 5) is 9.99. The Kier molecular flexibility index (Phi) is 4.01. The number of nitro benzene ring substituents is 1. The number of nitro groups is 1. The van der Waals surface area contributed by atoms with E-state index in [1.165, 1.54) is 28.6 Å². The fourth-order valence-corrected chi connectivity index (χ4v) is 3.94. The Hall–Kier alpha value is -1.98. The Balaban J connectivity index is 2.16. The van der Waals surface area contributed by atoms with Gasteiger partial charge in [-0.05, 0) is 18.4 Å². The number of nitriles is 1. The number of hydrogen-bond donors (Lipinski definition) is 0. The molecule has 0 aromatic heterocycles. The molecule has 1 atom stereocenters. The number of sulfonamides is 1. The number of hydrogen-bond acceptors (Lipinski definition) is 5. The maximum Gasteiger partial charge on any atom is 0.269 e. The van der Waals surface area contributed by atoms with Crippen LogP contribution >= 0.6 is 0 Å². The van der Waals surface area contributed by atoms with Gasteiger partial charge in [0.1, 0.15) is 6.04 Å². The fourth-order valence-electron chi connectivity index (χ4n) is 2.21. The molecule has 0 radical (unpaired) electrons. The van der Waals surface area contributed by atoms with E-state index in [0.717, 1.165) is 0 Å². The van der Waals surface area contributed by atoms with Crippen molar-refractivity contribution in [3.05, 3.63) is 39.9 Å². The molecule has 106 valence electrons. The van der Waals surface area contributed by atoms with Crippen LogP contribution in [0, 0.1) is 21.4 Å². The molecule has 1 heterocycles. The summed E-state index contributed by atoms with van der Waals surface area (Å²) in [5.41, 5.74) is 0.390. The summed E-state index contributed by atoms with van der Waals surface area (Å²) in [6.45, 7) is 0.355. The summed E-state index contributed by atoms with van der Waals surface area (Å²) in [5, 5.41) is 19.5. The zero-order valence-electron chi connectivity index (χ0n) is 10.6. The van der Waals surface area contributed by atoms with Gasteiger partial charge in [-0.3, -0.25) is 10.1 Å². The first-order valence-corrected chi connectivity index (χ1v) is 7.67. The van der Waals surface area contributed by atoms with E-state index in [-0.39, 0.29) is 11.4 Å². The molecular formula is C12H13N3O4S. The predicted octanol–water partition coefficient (Wildman–Crippen LogP) is 1.41. The minimum Gasteiger partial charge on any atom is -0.258 e. The average Bonchev–Trinajstić information content (AvgIpc) is 2.88. The molecule has 0 aliphatic carbocycles. The minimum atomic E-state index is -3.57. The second-order valence-corrected chi connectivity index (χ2v) is 6.50. The van der Waals surface area contributed by atoms with Crippen LogP contribution < -0.4 is 0 Å². The van der Waals surface area contributed by atoms with Gasteiger partial charge in [0.25, 0.3) is 5.69 Å². The third-order valence-corrected chi connectivity index (χ3v) is 5.06. The van der Waals surface area contributed by atoms with Crippen molar-refractivity contribution in [1.82, 2.24) is 4.31 Å². The van der Waals surface area contributed by atoms with Gasteiger partial charge >= 0.3 is 0 Å². The van der Waals surface area contributed by atoms with E-state index in [1.807, 2.05) is 6.07 Å². The molecule has 0 amide bonds. The molecule has 0 spiro atoms. The Bertz CT molecular complexity index is 648. The maximum atomic E-state index is 12.2. The average molecular weight is 295 g/mol. The molecule has 1 aliphatic heterocycles. The topological polar surface area (TPSA) is 104 Å². The molecule has 8 heteroatoms. The highest BCUT2D eigenvalue weighted by Crippen LogP contribution is 2.23. The van der Waals surface area contributed by atoms with Gasteiger partial charge in [-0.15, -0.1) is 0 Å². The Morgan fingerprint density at radius 1 is 1.40 bits per heavy atom. The van der Waals surface area contributed by atoms with Gasteiger partial charge in [0.2, 0.25) is 10.0 Å². The smallest absolute Gasteiger partial charge is 0.258 e. The molecule has 1 aromatic carbocycles. The van der Waals surface area contributed by atoms with Gasteiger partial charge in [-0.25, -0.2) is 8.42 Å². The number of rotatable bonds is 4. The van der Waals surface area contributed by atoms with Crippen molar-refractivity contribution >= 4 is 15.7 Å². The predicted molar refractivity (Wildman–Crippen MR) is 71.1 cm³/mol. The van der Waals surface area contributed by atoms with E-state index in [1.54, 1.807) is 0 Å². The summed E-state index contributed by atoms with van der Waals surface area (Å²) < 4.78 is 25.7.